The first-order valence-corrected chi connectivity index (χ1v) is 8.09. The Hall–Kier alpha value is -1.59. The molecule has 0 aliphatic carbocycles. The molecule has 1 rings (SSSR count). The van der Waals surface area contributed by atoms with Gasteiger partial charge in [0.2, 0.25) is 11.8 Å². The van der Waals surface area contributed by atoms with E-state index in [0.29, 0.717) is 6.42 Å². The summed E-state index contributed by atoms with van der Waals surface area (Å²) < 4.78 is 4.71. The van der Waals surface area contributed by atoms with Crippen molar-refractivity contribution in [3.63, 3.8) is 0 Å². The van der Waals surface area contributed by atoms with Gasteiger partial charge in [-0.2, -0.15) is 0 Å². The Labute approximate surface area is 132 Å². The van der Waals surface area contributed by atoms with Gasteiger partial charge < -0.3 is 15.0 Å². The number of piperidine rings is 1. The highest BCUT2D eigenvalue weighted by atomic mass is 16.5. The van der Waals surface area contributed by atoms with Gasteiger partial charge in [-0.25, -0.2) is 4.79 Å². The number of amides is 2. The van der Waals surface area contributed by atoms with E-state index in [0.717, 1.165) is 25.9 Å². The monoisotopic (exact) mass is 312 g/mol. The predicted molar refractivity (Wildman–Crippen MR) is 83.1 cm³/mol. The first-order chi connectivity index (χ1) is 10.4. The molecule has 1 unspecified atom stereocenters. The summed E-state index contributed by atoms with van der Waals surface area (Å²) >= 11 is 0. The Morgan fingerprint density at radius 1 is 1.09 bits per heavy atom. The van der Waals surface area contributed by atoms with Gasteiger partial charge in [0.1, 0.15) is 6.04 Å². The molecule has 0 spiro atoms. The molecule has 22 heavy (non-hydrogen) atoms. The third-order valence-corrected chi connectivity index (χ3v) is 3.80. The highest BCUT2D eigenvalue weighted by Crippen LogP contribution is 2.11. The number of rotatable bonds is 7. The Morgan fingerprint density at radius 2 is 1.73 bits per heavy atom. The van der Waals surface area contributed by atoms with Crippen molar-refractivity contribution in [3.05, 3.63) is 0 Å². The Morgan fingerprint density at radius 3 is 2.27 bits per heavy atom. The molecule has 0 aromatic heterocycles. The van der Waals surface area contributed by atoms with Crippen LogP contribution in [0.2, 0.25) is 0 Å². The van der Waals surface area contributed by atoms with Crippen LogP contribution < -0.4 is 5.32 Å². The highest BCUT2D eigenvalue weighted by Gasteiger charge is 2.23. The van der Waals surface area contributed by atoms with Crippen LogP contribution in [0.15, 0.2) is 0 Å². The molecule has 1 aliphatic rings. The lowest BCUT2D eigenvalue weighted by Crippen LogP contribution is -2.43. The van der Waals surface area contributed by atoms with Crippen molar-refractivity contribution in [3.8, 4) is 0 Å². The van der Waals surface area contributed by atoms with Gasteiger partial charge in [-0.05, 0) is 31.6 Å². The zero-order valence-electron chi connectivity index (χ0n) is 13.9. The number of esters is 1. The maximum absolute atomic E-state index is 12.0. The molecule has 126 valence electrons. The van der Waals surface area contributed by atoms with Crippen molar-refractivity contribution in [1.82, 2.24) is 10.2 Å². The van der Waals surface area contributed by atoms with Gasteiger partial charge in [0.05, 0.1) is 7.11 Å². The maximum atomic E-state index is 12.0. The van der Waals surface area contributed by atoms with E-state index >= 15 is 0 Å². The third-order valence-electron chi connectivity index (χ3n) is 3.80. The Kier molecular flexibility index (Phi) is 7.91. The number of carbonyl (C=O) groups is 3. The van der Waals surface area contributed by atoms with E-state index in [1.807, 2.05) is 18.7 Å². The van der Waals surface area contributed by atoms with Crippen LogP contribution in [0.1, 0.15) is 52.4 Å². The second-order valence-electron chi connectivity index (χ2n) is 6.21. The molecule has 1 atom stereocenters. The van der Waals surface area contributed by atoms with E-state index in [1.165, 1.54) is 13.5 Å². The zero-order valence-corrected chi connectivity index (χ0v) is 13.9. The van der Waals surface area contributed by atoms with Crippen LogP contribution in [0.5, 0.6) is 0 Å². The van der Waals surface area contributed by atoms with Crippen LogP contribution in [0.4, 0.5) is 0 Å². The summed E-state index contributed by atoms with van der Waals surface area (Å²) in [5.74, 6) is -0.432. The minimum Gasteiger partial charge on any atom is -0.467 e. The molecule has 1 N–H and O–H groups in total. The number of hydrogen-bond donors (Lipinski definition) is 1. The molecule has 1 heterocycles. The van der Waals surface area contributed by atoms with Crippen LogP contribution in [-0.4, -0.2) is 48.9 Å². The van der Waals surface area contributed by atoms with Crippen molar-refractivity contribution >= 4 is 17.8 Å². The van der Waals surface area contributed by atoms with E-state index in [-0.39, 0.29) is 30.6 Å². The smallest absolute Gasteiger partial charge is 0.328 e. The van der Waals surface area contributed by atoms with Gasteiger partial charge >= 0.3 is 5.97 Å². The number of likely N-dealkylation sites (tertiary alicyclic amines) is 1. The molecule has 6 nitrogen and oxygen atoms in total. The van der Waals surface area contributed by atoms with E-state index in [2.05, 4.69) is 5.32 Å². The highest BCUT2D eigenvalue weighted by molar-refractivity contribution is 5.87. The normalized spacial score (nSPS) is 16.3. The first-order valence-electron chi connectivity index (χ1n) is 8.09. The molecule has 0 radical (unpaired) electrons. The quantitative estimate of drug-likeness (QED) is 0.723. The van der Waals surface area contributed by atoms with E-state index in [9.17, 15) is 14.4 Å². The average molecular weight is 312 g/mol. The van der Waals surface area contributed by atoms with Crippen LogP contribution in [0, 0.1) is 5.92 Å². The molecule has 1 aliphatic heterocycles. The van der Waals surface area contributed by atoms with Gasteiger partial charge in [0, 0.05) is 25.9 Å². The topological polar surface area (TPSA) is 75.7 Å². The number of methoxy groups -OCH3 is 1. The molecule has 0 bridgehead atoms. The molecule has 0 saturated carbocycles. The van der Waals surface area contributed by atoms with Crippen molar-refractivity contribution in [2.24, 2.45) is 5.92 Å². The van der Waals surface area contributed by atoms with Crippen molar-refractivity contribution in [2.75, 3.05) is 20.2 Å². The minimum absolute atomic E-state index is 0.0216. The number of carbonyl (C=O) groups excluding carboxylic acids is 3. The van der Waals surface area contributed by atoms with E-state index < -0.39 is 12.0 Å². The van der Waals surface area contributed by atoms with Crippen LogP contribution in [0.3, 0.4) is 0 Å². The van der Waals surface area contributed by atoms with Gasteiger partial charge in [-0.3, -0.25) is 9.59 Å². The minimum atomic E-state index is -0.636. The molecular weight excluding hydrogens is 284 g/mol. The summed E-state index contributed by atoms with van der Waals surface area (Å²) in [6.45, 7) is 5.53. The van der Waals surface area contributed by atoms with Crippen molar-refractivity contribution < 1.29 is 19.1 Å². The summed E-state index contributed by atoms with van der Waals surface area (Å²) in [6, 6.07) is -0.636. The number of nitrogens with zero attached hydrogens (tertiary/aromatic N) is 1. The standard InChI is InChI=1S/C16H28N2O4/c1-12(2)11-13(16(21)22-3)17-14(19)7-8-15(20)18-9-5-4-6-10-18/h12-13H,4-11H2,1-3H3,(H,17,19). The van der Waals surface area contributed by atoms with Crippen molar-refractivity contribution in [2.45, 2.75) is 58.4 Å². The second kappa shape index (κ2) is 9.43. The molecule has 0 aromatic carbocycles. The molecule has 2 amide bonds. The molecule has 1 saturated heterocycles. The van der Waals surface area contributed by atoms with Crippen molar-refractivity contribution in [1.29, 1.82) is 0 Å². The van der Waals surface area contributed by atoms with Gasteiger partial charge in [-0.1, -0.05) is 13.8 Å². The van der Waals surface area contributed by atoms with Gasteiger partial charge in [0.15, 0.2) is 0 Å². The third kappa shape index (κ3) is 6.45. The summed E-state index contributed by atoms with van der Waals surface area (Å²) in [5.41, 5.74) is 0. The largest absolute Gasteiger partial charge is 0.467 e. The molecule has 6 heteroatoms. The van der Waals surface area contributed by atoms with Crippen LogP contribution >= 0.6 is 0 Å². The summed E-state index contributed by atoms with van der Waals surface area (Å²) in [6.07, 6.45) is 4.08. The lowest BCUT2D eigenvalue weighted by molar-refractivity contribution is -0.145. The Bertz CT molecular complexity index is 390. The van der Waals surface area contributed by atoms with E-state index in [4.69, 9.17) is 4.74 Å². The summed E-state index contributed by atoms with van der Waals surface area (Å²) in [7, 11) is 1.31. The molecule has 0 aromatic rings. The lowest BCUT2D eigenvalue weighted by atomic mass is 10.0. The molecular formula is C16H28N2O4. The fraction of sp³-hybridized carbons (Fsp3) is 0.812. The maximum Gasteiger partial charge on any atom is 0.328 e. The number of ether oxygens (including phenoxy) is 1. The Balaban J connectivity index is 2.39. The zero-order chi connectivity index (χ0) is 16.5. The van der Waals surface area contributed by atoms with Gasteiger partial charge in [-0.15, -0.1) is 0 Å². The summed E-state index contributed by atoms with van der Waals surface area (Å²) in [5, 5.41) is 2.67. The predicted octanol–water partition coefficient (Wildman–Crippen LogP) is 1.48. The van der Waals surface area contributed by atoms with Crippen LogP contribution in [-0.2, 0) is 19.1 Å². The first kappa shape index (κ1) is 18.5. The fourth-order valence-electron chi connectivity index (χ4n) is 2.62. The lowest BCUT2D eigenvalue weighted by Gasteiger charge is -2.26. The number of nitrogens with one attached hydrogen (secondary N) is 1. The average Bonchev–Trinajstić information content (AvgIpc) is 2.51. The second-order valence-corrected chi connectivity index (χ2v) is 6.21. The van der Waals surface area contributed by atoms with Crippen LogP contribution in [0.25, 0.3) is 0 Å². The summed E-state index contributed by atoms with van der Waals surface area (Å²) in [4.78, 5) is 37.4. The fourth-order valence-corrected chi connectivity index (χ4v) is 2.62. The van der Waals surface area contributed by atoms with Gasteiger partial charge in [0.25, 0.3) is 0 Å². The SMILES string of the molecule is COC(=O)C(CC(C)C)NC(=O)CCC(=O)N1CCCCC1. The molecule has 1 fully saturated rings. The van der Waals surface area contributed by atoms with E-state index in [1.54, 1.807) is 0 Å². The number of hydrogen-bond acceptors (Lipinski definition) is 4.